The number of rotatable bonds is 2. The van der Waals surface area contributed by atoms with Crippen molar-refractivity contribution in [3.05, 3.63) is 28.8 Å². The molecule has 1 N–H and O–H groups in total. The second-order valence-electron chi connectivity index (χ2n) is 7.17. The fraction of sp³-hybridized carbons (Fsp3) is 0.632. The Morgan fingerprint density at radius 2 is 1.57 bits per heavy atom. The predicted octanol–water partition coefficient (Wildman–Crippen LogP) is 3.70. The van der Waals surface area contributed by atoms with Gasteiger partial charge in [0.2, 0.25) is 0 Å². The van der Waals surface area contributed by atoms with Gasteiger partial charge in [-0.2, -0.15) is 0 Å². The van der Waals surface area contributed by atoms with Crippen LogP contribution in [0, 0.1) is 20.8 Å². The minimum absolute atomic E-state index is 0.0473. The second-order valence-corrected chi connectivity index (χ2v) is 7.17. The van der Waals surface area contributed by atoms with Gasteiger partial charge in [-0.1, -0.05) is 30.5 Å². The topological polar surface area (TPSA) is 35.6 Å². The van der Waals surface area contributed by atoms with Crippen molar-refractivity contribution in [3.8, 4) is 0 Å². The number of nitrogens with one attached hydrogen (secondary N) is 1. The van der Waals surface area contributed by atoms with Crippen molar-refractivity contribution >= 4 is 11.7 Å². The van der Waals surface area contributed by atoms with E-state index < -0.39 is 0 Å². The zero-order chi connectivity index (χ0) is 16.4. The molecule has 1 saturated carbocycles. The Bertz CT molecular complexity index is 547. The number of urea groups is 1. The highest BCUT2D eigenvalue weighted by Crippen LogP contribution is 2.25. The lowest BCUT2D eigenvalue weighted by Gasteiger charge is -2.38. The highest BCUT2D eigenvalue weighted by atomic mass is 16.2. The highest BCUT2D eigenvalue weighted by molar-refractivity contribution is 5.91. The number of piperazine rings is 1. The van der Waals surface area contributed by atoms with Crippen molar-refractivity contribution in [1.29, 1.82) is 0 Å². The van der Waals surface area contributed by atoms with Crippen LogP contribution in [-0.2, 0) is 0 Å². The molecular weight excluding hydrogens is 286 g/mol. The number of hydrogen-bond acceptors (Lipinski definition) is 2. The predicted molar refractivity (Wildman–Crippen MR) is 95.1 cm³/mol. The molecule has 1 saturated heterocycles. The molecular formula is C19H29N3O. The van der Waals surface area contributed by atoms with E-state index in [0.29, 0.717) is 0 Å². The Hall–Kier alpha value is -1.55. The van der Waals surface area contributed by atoms with Crippen LogP contribution in [0.3, 0.4) is 0 Å². The first-order valence-corrected chi connectivity index (χ1v) is 8.92. The summed E-state index contributed by atoms with van der Waals surface area (Å²) < 4.78 is 0. The van der Waals surface area contributed by atoms with Gasteiger partial charge in [0.05, 0.1) is 0 Å². The van der Waals surface area contributed by atoms with Gasteiger partial charge >= 0.3 is 6.03 Å². The first-order chi connectivity index (χ1) is 11.0. The zero-order valence-corrected chi connectivity index (χ0v) is 14.7. The summed E-state index contributed by atoms with van der Waals surface area (Å²) in [6, 6.07) is 5.06. The molecule has 1 aromatic carbocycles. The third-order valence-corrected chi connectivity index (χ3v) is 5.35. The molecule has 1 aliphatic heterocycles. The summed E-state index contributed by atoms with van der Waals surface area (Å²) >= 11 is 0. The van der Waals surface area contributed by atoms with E-state index in [-0.39, 0.29) is 6.03 Å². The van der Waals surface area contributed by atoms with Gasteiger partial charge in [-0.25, -0.2) is 4.79 Å². The number of carbonyl (C=O) groups is 1. The van der Waals surface area contributed by atoms with Gasteiger partial charge in [0, 0.05) is 37.9 Å². The molecule has 23 heavy (non-hydrogen) atoms. The SMILES string of the molecule is Cc1cc(C)c(NC(=O)N2CCN(C3CCCC3)CC2)c(C)c1. The van der Waals surface area contributed by atoms with E-state index in [1.807, 2.05) is 4.90 Å². The second kappa shape index (κ2) is 6.91. The van der Waals surface area contributed by atoms with Gasteiger partial charge in [0.25, 0.3) is 0 Å². The van der Waals surface area contributed by atoms with Gasteiger partial charge < -0.3 is 10.2 Å². The van der Waals surface area contributed by atoms with Crippen LogP contribution in [-0.4, -0.2) is 48.1 Å². The van der Waals surface area contributed by atoms with Gasteiger partial charge in [0.1, 0.15) is 0 Å². The minimum Gasteiger partial charge on any atom is -0.322 e. The van der Waals surface area contributed by atoms with Gasteiger partial charge in [0.15, 0.2) is 0 Å². The number of aryl methyl sites for hydroxylation is 3. The minimum atomic E-state index is 0.0473. The summed E-state index contributed by atoms with van der Waals surface area (Å²) in [6.45, 7) is 9.93. The van der Waals surface area contributed by atoms with Gasteiger partial charge in [-0.05, 0) is 44.7 Å². The number of benzene rings is 1. The standard InChI is InChI=1S/C19H29N3O/c1-14-12-15(2)18(16(3)13-14)20-19(23)22-10-8-21(9-11-22)17-6-4-5-7-17/h12-13,17H,4-11H2,1-3H3,(H,20,23). The Labute approximate surface area is 139 Å². The average Bonchev–Trinajstić information content (AvgIpc) is 3.05. The average molecular weight is 315 g/mol. The van der Waals surface area contributed by atoms with Crippen LogP contribution in [0.4, 0.5) is 10.5 Å². The number of carbonyl (C=O) groups excluding carboxylic acids is 1. The molecule has 2 aliphatic rings. The molecule has 4 nitrogen and oxygen atoms in total. The van der Waals surface area contributed by atoms with Crippen molar-refractivity contribution in [2.24, 2.45) is 0 Å². The van der Waals surface area contributed by atoms with Crippen LogP contribution in [0.25, 0.3) is 0 Å². The van der Waals surface area contributed by atoms with E-state index in [1.165, 1.54) is 31.2 Å². The highest BCUT2D eigenvalue weighted by Gasteiger charge is 2.28. The Morgan fingerprint density at radius 3 is 2.13 bits per heavy atom. The van der Waals surface area contributed by atoms with E-state index in [2.05, 4.69) is 43.1 Å². The largest absolute Gasteiger partial charge is 0.322 e. The molecule has 4 heteroatoms. The van der Waals surface area contributed by atoms with Gasteiger partial charge in [-0.15, -0.1) is 0 Å². The zero-order valence-electron chi connectivity index (χ0n) is 14.7. The van der Waals surface area contributed by atoms with Crippen molar-refractivity contribution in [1.82, 2.24) is 9.80 Å². The number of amides is 2. The van der Waals surface area contributed by atoms with Crippen molar-refractivity contribution in [2.75, 3.05) is 31.5 Å². The summed E-state index contributed by atoms with van der Waals surface area (Å²) in [7, 11) is 0. The molecule has 1 heterocycles. The van der Waals surface area contributed by atoms with Crippen LogP contribution < -0.4 is 5.32 Å². The Balaban J connectivity index is 1.57. The summed E-state index contributed by atoms with van der Waals surface area (Å²) in [4.78, 5) is 17.1. The normalized spacial score (nSPS) is 20.0. The smallest absolute Gasteiger partial charge is 0.321 e. The van der Waals surface area contributed by atoms with E-state index in [9.17, 15) is 4.79 Å². The fourth-order valence-electron chi connectivity index (χ4n) is 4.12. The molecule has 0 spiro atoms. The first-order valence-electron chi connectivity index (χ1n) is 8.92. The number of hydrogen-bond donors (Lipinski definition) is 1. The lowest BCUT2D eigenvalue weighted by Crippen LogP contribution is -2.52. The Morgan fingerprint density at radius 1 is 1.00 bits per heavy atom. The third-order valence-electron chi connectivity index (χ3n) is 5.35. The van der Waals surface area contributed by atoms with Crippen LogP contribution in [0.2, 0.25) is 0 Å². The summed E-state index contributed by atoms with van der Waals surface area (Å²) in [5.41, 5.74) is 4.49. The molecule has 1 aliphatic carbocycles. The molecule has 0 aromatic heterocycles. The first kappa shape index (κ1) is 16.3. The maximum atomic E-state index is 12.6. The molecule has 0 radical (unpaired) electrons. The molecule has 0 atom stereocenters. The van der Waals surface area contributed by atoms with Crippen molar-refractivity contribution < 1.29 is 4.79 Å². The monoisotopic (exact) mass is 315 g/mol. The van der Waals surface area contributed by atoms with Crippen LogP contribution in [0.5, 0.6) is 0 Å². The molecule has 0 bridgehead atoms. The third kappa shape index (κ3) is 3.69. The maximum Gasteiger partial charge on any atom is 0.321 e. The van der Waals surface area contributed by atoms with Crippen LogP contribution in [0.15, 0.2) is 12.1 Å². The molecule has 3 rings (SSSR count). The number of anilines is 1. The summed E-state index contributed by atoms with van der Waals surface area (Å²) in [5, 5.41) is 3.13. The summed E-state index contributed by atoms with van der Waals surface area (Å²) in [5.74, 6) is 0. The lowest BCUT2D eigenvalue weighted by atomic mass is 10.1. The molecule has 1 aromatic rings. The van der Waals surface area contributed by atoms with E-state index in [0.717, 1.165) is 49.0 Å². The number of nitrogens with zero attached hydrogens (tertiary/aromatic N) is 2. The van der Waals surface area contributed by atoms with Gasteiger partial charge in [-0.3, -0.25) is 4.90 Å². The fourth-order valence-corrected chi connectivity index (χ4v) is 4.12. The quantitative estimate of drug-likeness (QED) is 0.903. The molecule has 126 valence electrons. The van der Waals surface area contributed by atoms with Crippen LogP contribution in [0.1, 0.15) is 42.4 Å². The molecule has 2 fully saturated rings. The summed E-state index contributed by atoms with van der Waals surface area (Å²) in [6.07, 6.45) is 5.43. The van der Waals surface area contributed by atoms with Crippen molar-refractivity contribution in [3.63, 3.8) is 0 Å². The molecule has 0 unspecified atom stereocenters. The molecule has 2 amide bonds. The Kier molecular flexibility index (Phi) is 4.90. The van der Waals surface area contributed by atoms with E-state index in [1.54, 1.807) is 0 Å². The lowest BCUT2D eigenvalue weighted by molar-refractivity contribution is 0.115. The van der Waals surface area contributed by atoms with Crippen LogP contribution >= 0.6 is 0 Å². The maximum absolute atomic E-state index is 12.6. The van der Waals surface area contributed by atoms with E-state index >= 15 is 0 Å². The van der Waals surface area contributed by atoms with E-state index in [4.69, 9.17) is 0 Å². The van der Waals surface area contributed by atoms with Crippen molar-refractivity contribution in [2.45, 2.75) is 52.5 Å².